The molecule has 2 rings (SSSR count). The van der Waals surface area contributed by atoms with Crippen molar-refractivity contribution in [2.45, 2.75) is 19.9 Å². The molecule has 1 aliphatic heterocycles. The van der Waals surface area contributed by atoms with Crippen LogP contribution < -0.4 is 10.6 Å². The topological polar surface area (TPSA) is 49.3 Å². The number of aromatic nitrogens is 1. The molecule has 0 radical (unpaired) electrons. The standard InChI is InChI=1S/C11H16N4.HI/c1-9-7-12-6-3-10(9)8-15-11-13-4-2-5-14-11;/h3,6-7H,2,4-5,8H2,1H3,(H2,13,14,15);1H. The molecule has 2 N–H and O–H groups in total. The zero-order chi connectivity index (χ0) is 10.5. The smallest absolute Gasteiger partial charge is 0.191 e. The molecule has 0 spiro atoms. The van der Waals surface area contributed by atoms with E-state index in [1.165, 1.54) is 11.1 Å². The normalized spacial score (nSPS) is 14.4. The van der Waals surface area contributed by atoms with E-state index in [1.54, 1.807) is 0 Å². The number of aliphatic imine (C=N–C) groups is 1. The molecule has 88 valence electrons. The second-order valence-corrected chi connectivity index (χ2v) is 3.67. The van der Waals surface area contributed by atoms with Gasteiger partial charge in [0.15, 0.2) is 5.96 Å². The Labute approximate surface area is 113 Å². The van der Waals surface area contributed by atoms with Gasteiger partial charge in [-0.3, -0.25) is 9.98 Å². The summed E-state index contributed by atoms with van der Waals surface area (Å²) in [4.78, 5) is 8.42. The van der Waals surface area contributed by atoms with Gasteiger partial charge < -0.3 is 10.6 Å². The molecule has 0 atom stereocenters. The minimum absolute atomic E-state index is 0. The van der Waals surface area contributed by atoms with Gasteiger partial charge >= 0.3 is 0 Å². The second kappa shape index (κ2) is 6.67. The molecule has 1 aliphatic rings. The van der Waals surface area contributed by atoms with Crippen molar-refractivity contribution in [3.63, 3.8) is 0 Å². The fourth-order valence-corrected chi connectivity index (χ4v) is 1.53. The molecule has 0 aliphatic carbocycles. The van der Waals surface area contributed by atoms with Crippen LogP contribution >= 0.6 is 24.0 Å². The zero-order valence-corrected chi connectivity index (χ0v) is 11.7. The van der Waals surface area contributed by atoms with Crippen molar-refractivity contribution >= 4 is 29.9 Å². The Bertz CT molecular complexity index is 365. The molecule has 0 bridgehead atoms. The first-order valence-corrected chi connectivity index (χ1v) is 5.28. The Morgan fingerprint density at radius 1 is 1.50 bits per heavy atom. The number of hydrogen-bond donors (Lipinski definition) is 2. The van der Waals surface area contributed by atoms with Crippen molar-refractivity contribution in [1.29, 1.82) is 0 Å². The van der Waals surface area contributed by atoms with Gasteiger partial charge in [-0.2, -0.15) is 0 Å². The minimum Gasteiger partial charge on any atom is -0.356 e. The van der Waals surface area contributed by atoms with Gasteiger partial charge in [0.05, 0.1) is 0 Å². The van der Waals surface area contributed by atoms with Gasteiger partial charge in [-0.25, -0.2) is 0 Å². The Hall–Kier alpha value is -0.850. The van der Waals surface area contributed by atoms with E-state index in [2.05, 4.69) is 27.5 Å². The summed E-state index contributed by atoms with van der Waals surface area (Å²) in [7, 11) is 0. The molecular weight excluding hydrogens is 315 g/mol. The fourth-order valence-electron chi connectivity index (χ4n) is 1.53. The number of nitrogens with zero attached hydrogens (tertiary/aromatic N) is 2. The van der Waals surface area contributed by atoms with Crippen LogP contribution in [0, 0.1) is 6.92 Å². The maximum atomic E-state index is 4.35. The lowest BCUT2D eigenvalue weighted by molar-refractivity contribution is 0.701. The van der Waals surface area contributed by atoms with E-state index in [0.29, 0.717) is 0 Å². The van der Waals surface area contributed by atoms with E-state index in [-0.39, 0.29) is 24.0 Å². The summed E-state index contributed by atoms with van der Waals surface area (Å²) in [5.41, 5.74) is 2.47. The number of rotatable bonds is 2. The summed E-state index contributed by atoms with van der Waals surface area (Å²) in [6.07, 6.45) is 4.83. The molecule has 0 unspecified atom stereocenters. The summed E-state index contributed by atoms with van der Waals surface area (Å²) < 4.78 is 0. The van der Waals surface area contributed by atoms with Gasteiger partial charge in [0.1, 0.15) is 0 Å². The monoisotopic (exact) mass is 332 g/mol. The van der Waals surface area contributed by atoms with Crippen LogP contribution in [0.1, 0.15) is 17.5 Å². The first-order valence-electron chi connectivity index (χ1n) is 5.28. The molecule has 0 amide bonds. The third-order valence-corrected chi connectivity index (χ3v) is 2.48. The molecule has 2 heterocycles. The zero-order valence-electron chi connectivity index (χ0n) is 9.36. The highest BCUT2D eigenvalue weighted by Gasteiger charge is 2.03. The average molecular weight is 332 g/mol. The summed E-state index contributed by atoms with van der Waals surface area (Å²) in [5, 5.41) is 6.52. The molecule has 0 saturated heterocycles. The highest BCUT2D eigenvalue weighted by molar-refractivity contribution is 14.0. The van der Waals surface area contributed by atoms with E-state index in [0.717, 1.165) is 32.0 Å². The van der Waals surface area contributed by atoms with Gasteiger partial charge in [-0.05, 0) is 30.5 Å². The third kappa shape index (κ3) is 3.62. The maximum absolute atomic E-state index is 4.35. The third-order valence-electron chi connectivity index (χ3n) is 2.48. The Balaban J connectivity index is 0.00000128. The lowest BCUT2D eigenvalue weighted by atomic mass is 10.1. The minimum atomic E-state index is 0. The van der Waals surface area contributed by atoms with E-state index in [1.807, 2.05) is 18.5 Å². The van der Waals surface area contributed by atoms with Crippen molar-refractivity contribution in [2.24, 2.45) is 4.99 Å². The van der Waals surface area contributed by atoms with Crippen LogP contribution in [-0.4, -0.2) is 24.0 Å². The van der Waals surface area contributed by atoms with Crippen molar-refractivity contribution < 1.29 is 0 Å². The molecule has 5 heteroatoms. The Kier molecular flexibility index (Phi) is 5.51. The largest absolute Gasteiger partial charge is 0.356 e. The van der Waals surface area contributed by atoms with Crippen LogP contribution in [0.15, 0.2) is 23.5 Å². The molecule has 1 aromatic rings. The van der Waals surface area contributed by atoms with Crippen LogP contribution in [0.5, 0.6) is 0 Å². The summed E-state index contributed by atoms with van der Waals surface area (Å²) in [6.45, 7) is 4.81. The van der Waals surface area contributed by atoms with Crippen LogP contribution in [0.3, 0.4) is 0 Å². The number of aryl methyl sites for hydroxylation is 1. The fraction of sp³-hybridized carbons (Fsp3) is 0.455. The first kappa shape index (κ1) is 13.2. The van der Waals surface area contributed by atoms with Crippen LogP contribution in [0.2, 0.25) is 0 Å². The van der Waals surface area contributed by atoms with Crippen LogP contribution in [-0.2, 0) is 6.54 Å². The van der Waals surface area contributed by atoms with Crippen LogP contribution in [0.25, 0.3) is 0 Å². The molecule has 0 saturated carbocycles. The summed E-state index contributed by atoms with van der Waals surface area (Å²) >= 11 is 0. The molecule has 4 nitrogen and oxygen atoms in total. The van der Waals surface area contributed by atoms with Gasteiger partial charge in [-0.1, -0.05) is 0 Å². The van der Waals surface area contributed by atoms with E-state index < -0.39 is 0 Å². The quantitative estimate of drug-likeness (QED) is 0.806. The predicted molar refractivity (Wildman–Crippen MR) is 76.2 cm³/mol. The Morgan fingerprint density at radius 3 is 3.06 bits per heavy atom. The lowest BCUT2D eigenvalue weighted by Gasteiger charge is -2.16. The van der Waals surface area contributed by atoms with Gasteiger partial charge in [0.25, 0.3) is 0 Å². The van der Waals surface area contributed by atoms with E-state index >= 15 is 0 Å². The van der Waals surface area contributed by atoms with Gasteiger partial charge in [0, 0.05) is 32.0 Å². The number of hydrogen-bond acceptors (Lipinski definition) is 4. The van der Waals surface area contributed by atoms with Crippen molar-refractivity contribution in [3.05, 3.63) is 29.6 Å². The maximum Gasteiger partial charge on any atom is 0.191 e. The molecular formula is C11H17IN4. The molecule has 0 fully saturated rings. The SMILES string of the molecule is Cc1cnccc1CNC1=NCCCN1.I. The summed E-state index contributed by atoms with van der Waals surface area (Å²) in [5.74, 6) is 0.914. The van der Waals surface area contributed by atoms with E-state index in [4.69, 9.17) is 0 Å². The Morgan fingerprint density at radius 2 is 2.38 bits per heavy atom. The number of halogens is 1. The van der Waals surface area contributed by atoms with Gasteiger partial charge in [0.2, 0.25) is 0 Å². The number of nitrogens with one attached hydrogen (secondary N) is 2. The molecule has 0 aromatic carbocycles. The summed E-state index contributed by atoms with van der Waals surface area (Å²) in [6, 6.07) is 2.03. The van der Waals surface area contributed by atoms with Crippen molar-refractivity contribution in [2.75, 3.05) is 13.1 Å². The van der Waals surface area contributed by atoms with Crippen molar-refractivity contribution in [1.82, 2.24) is 15.6 Å². The second-order valence-electron chi connectivity index (χ2n) is 3.67. The average Bonchev–Trinajstić information content (AvgIpc) is 2.29. The predicted octanol–water partition coefficient (Wildman–Crippen LogP) is 1.45. The van der Waals surface area contributed by atoms with E-state index in [9.17, 15) is 0 Å². The van der Waals surface area contributed by atoms with Gasteiger partial charge in [-0.15, -0.1) is 24.0 Å². The lowest BCUT2D eigenvalue weighted by Crippen LogP contribution is -2.40. The number of guanidine groups is 1. The highest BCUT2D eigenvalue weighted by atomic mass is 127. The molecule has 16 heavy (non-hydrogen) atoms. The highest BCUT2D eigenvalue weighted by Crippen LogP contribution is 2.04. The molecule has 1 aromatic heterocycles. The number of pyridine rings is 1. The van der Waals surface area contributed by atoms with Crippen molar-refractivity contribution in [3.8, 4) is 0 Å². The first-order chi connectivity index (χ1) is 7.36. The van der Waals surface area contributed by atoms with Crippen LogP contribution in [0.4, 0.5) is 0 Å².